The lowest BCUT2D eigenvalue weighted by Gasteiger charge is -2.46. The SMILES string of the molecule is CC1SCCCC1(O)C1NCCc2ccccc21. The fourth-order valence-corrected chi connectivity index (χ4v) is 4.50. The molecule has 1 aromatic rings. The molecular weight excluding hydrogens is 242 g/mol. The van der Waals surface area contributed by atoms with Crippen LogP contribution in [0.15, 0.2) is 24.3 Å². The van der Waals surface area contributed by atoms with E-state index in [1.807, 2.05) is 11.8 Å². The van der Waals surface area contributed by atoms with E-state index in [1.165, 1.54) is 16.9 Å². The van der Waals surface area contributed by atoms with Crippen molar-refractivity contribution in [3.8, 4) is 0 Å². The molecular formula is C15H21NOS. The zero-order valence-electron chi connectivity index (χ0n) is 10.9. The first-order chi connectivity index (χ1) is 8.72. The first-order valence-electron chi connectivity index (χ1n) is 6.87. The Morgan fingerprint density at radius 2 is 2.22 bits per heavy atom. The number of nitrogens with one attached hydrogen (secondary N) is 1. The van der Waals surface area contributed by atoms with Crippen molar-refractivity contribution in [2.75, 3.05) is 12.3 Å². The van der Waals surface area contributed by atoms with E-state index >= 15 is 0 Å². The van der Waals surface area contributed by atoms with Crippen LogP contribution in [0.25, 0.3) is 0 Å². The minimum Gasteiger partial charge on any atom is -0.387 e. The maximum Gasteiger partial charge on any atom is 0.0957 e. The highest BCUT2D eigenvalue weighted by Gasteiger charge is 2.45. The Labute approximate surface area is 113 Å². The Balaban J connectivity index is 1.97. The minimum absolute atomic E-state index is 0.102. The molecule has 3 unspecified atom stereocenters. The van der Waals surface area contributed by atoms with E-state index in [4.69, 9.17) is 0 Å². The molecule has 2 aliphatic rings. The molecule has 3 rings (SSSR count). The van der Waals surface area contributed by atoms with Gasteiger partial charge in [0.2, 0.25) is 0 Å². The molecule has 98 valence electrons. The third-order valence-corrected chi connectivity index (χ3v) is 5.83. The molecule has 0 radical (unpaired) electrons. The molecule has 2 heterocycles. The Morgan fingerprint density at radius 3 is 3.06 bits per heavy atom. The van der Waals surface area contributed by atoms with Gasteiger partial charge in [0.15, 0.2) is 0 Å². The molecule has 0 spiro atoms. The lowest BCUT2D eigenvalue weighted by atomic mass is 9.78. The van der Waals surface area contributed by atoms with Gasteiger partial charge in [-0.05, 0) is 42.7 Å². The number of rotatable bonds is 1. The van der Waals surface area contributed by atoms with Crippen molar-refractivity contribution < 1.29 is 5.11 Å². The van der Waals surface area contributed by atoms with Crippen LogP contribution in [0.5, 0.6) is 0 Å². The van der Waals surface area contributed by atoms with Gasteiger partial charge in [-0.1, -0.05) is 31.2 Å². The molecule has 2 nitrogen and oxygen atoms in total. The predicted octanol–water partition coefficient (Wildman–Crippen LogP) is 2.52. The van der Waals surface area contributed by atoms with Crippen LogP contribution in [0.1, 0.15) is 36.9 Å². The third-order valence-electron chi connectivity index (χ3n) is 4.40. The van der Waals surface area contributed by atoms with Crippen molar-refractivity contribution in [3.63, 3.8) is 0 Å². The van der Waals surface area contributed by atoms with Crippen LogP contribution < -0.4 is 5.32 Å². The quantitative estimate of drug-likeness (QED) is 0.816. The fraction of sp³-hybridized carbons (Fsp3) is 0.600. The predicted molar refractivity (Wildman–Crippen MR) is 77.0 cm³/mol. The molecule has 2 aliphatic heterocycles. The van der Waals surface area contributed by atoms with E-state index in [0.29, 0.717) is 5.25 Å². The molecule has 0 aromatic heterocycles. The summed E-state index contributed by atoms with van der Waals surface area (Å²) in [7, 11) is 0. The largest absolute Gasteiger partial charge is 0.387 e. The third kappa shape index (κ3) is 1.98. The van der Waals surface area contributed by atoms with Gasteiger partial charge < -0.3 is 10.4 Å². The van der Waals surface area contributed by atoms with Gasteiger partial charge in [0, 0.05) is 5.25 Å². The zero-order chi connectivity index (χ0) is 12.6. The summed E-state index contributed by atoms with van der Waals surface area (Å²) in [5, 5.41) is 15.0. The second kappa shape index (κ2) is 4.87. The van der Waals surface area contributed by atoms with Crippen LogP contribution in [0.4, 0.5) is 0 Å². The molecule has 18 heavy (non-hydrogen) atoms. The monoisotopic (exact) mass is 263 g/mol. The molecule has 0 aliphatic carbocycles. The Bertz CT molecular complexity index is 436. The van der Waals surface area contributed by atoms with E-state index in [0.717, 1.165) is 25.8 Å². The van der Waals surface area contributed by atoms with E-state index in [1.54, 1.807) is 0 Å². The van der Waals surface area contributed by atoms with Crippen LogP contribution in [-0.2, 0) is 6.42 Å². The van der Waals surface area contributed by atoms with Gasteiger partial charge in [0.1, 0.15) is 0 Å². The van der Waals surface area contributed by atoms with E-state index in [2.05, 4.69) is 36.5 Å². The first kappa shape index (κ1) is 12.5. The lowest BCUT2D eigenvalue weighted by Crippen LogP contribution is -2.53. The molecule has 1 aromatic carbocycles. The maximum atomic E-state index is 11.1. The van der Waals surface area contributed by atoms with Crippen molar-refractivity contribution in [2.45, 2.75) is 43.1 Å². The van der Waals surface area contributed by atoms with Gasteiger partial charge >= 0.3 is 0 Å². The van der Waals surface area contributed by atoms with Crippen LogP contribution in [0, 0.1) is 0 Å². The van der Waals surface area contributed by atoms with Gasteiger partial charge in [-0.3, -0.25) is 0 Å². The highest BCUT2D eigenvalue weighted by Crippen LogP contribution is 2.43. The van der Waals surface area contributed by atoms with Gasteiger partial charge in [0.25, 0.3) is 0 Å². The molecule has 0 amide bonds. The number of aliphatic hydroxyl groups is 1. The number of fused-ring (bicyclic) bond motifs is 1. The van der Waals surface area contributed by atoms with Crippen LogP contribution >= 0.6 is 11.8 Å². The second-order valence-electron chi connectivity index (χ2n) is 5.44. The fourth-order valence-electron chi connectivity index (χ4n) is 3.29. The summed E-state index contributed by atoms with van der Waals surface area (Å²) in [5.41, 5.74) is 2.11. The van der Waals surface area contributed by atoms with E-state index in [9.17, 15) is 5.11 Å². The van der Waals surface area contributed by atoms with E-state index < -0.39 is 5.60 Å². The average Bonchev–Trinajstić information content (AvgIpc) is 2.41. The van der Waals surface area contributed by atoms with Gasteiger partial charge in [-0.25, -0.2) is 0 Å². The van der Waals surface area contributed by atoms with E-state index in [-0.39, 0.29) is 6.04 Å². The number of benzene rings is 1. The number of thioether (sulfide) groups is 1. The Kier molecular flexibility index (Phi) is 3.39. The molecule has 0 saturated carbocycles. The van der Waals surface area contributed by atoms with Crippen molar-refractivity contribution in [2.24, 2.45) is 0 Å². The first-order valence-corrected chi connectivity index (χ1v) is 7.92. The summed E-state index contributed by atoms with van der Waals surface area (Å²) < 4.78 is 0. The Hall–Kier alpha value is -0.510. The van der Waals surface area contributed by atoms with Crippen molar-refractivity contribution >= 4 is 11.8 Å². The molecule has 3 atom stereocenters. The normalized spacial score (nSPS) is 36.1. The highest BCUT2D eigenvalue weighted by molar-refractivity contribution is 8.00. The second-order valence-corrected chi connectivity index (χ2v) is 6.89. The summed E-state index contributed by atoms with van der Waals surface area (Å²) in [6.45, 7) is 3.14. The standard InChI is InChI=1S/C15H21NOS/c1-11-15(17,8-4-10-18-11)14-13-6-3-2-5-12(13)7-9-16-14/h2-3,5-6,11,14,16-17H,4,7-10H2,1H3. The van der Waals surface area contributed by atoms with Crippen molar-refractivity contribution in [3.05, 3.63) is 35.4 Å². The van der Waals surface area contributed by atoms with Gasteiger partial charge in [-0.15, -0.1) is 0 Å². The molecule has 1 saturated heterocycles. The summed E-state index contributed by atoms with van der Waals surface area (Å²) in [6.07, 6.45) is 3.10. The van der Waals surface area contributed by atoms with Gasteiger partial charge in [0.05, 0.1) is 11.6 Å². The highest BCUT2D eigenvalue weighted by atomic mass is 32.2. The lowest BCUT2D eigenvalue weighted by molar-refractivity contribution is -0.0112. The van der Waals surface area contributed by atoms with Crippen molar-refractivity contribution in [1.82, 2.24) is 5.32 Å². The number of hydrogen-bond acceptors (Lipinski definition) is 3. The molecule has 2 N–H and O–H groups in total. The van der Waals surface area contributed by atoms with Crippen LogP contribution in [-0.4, -0.2) is 28.3 Å². The van der Waals surface area contributed by atoms with Crippen LogP contribution in [0.3, 0.4) is 0 Å². The average molecular weight is 263 g/mol. The molecule has 3 heteroatoms. The van der Waals surface area contributed by atoms with Gasteiger partial charge in [-0.2, -0.15) is 11.8 Å². The zero-order valence-corrected chi connectivity index (χ0v) is 11.7. The summed E-state index contributed by atoms with van der Waals surface area (Å²) >= 11 is 1.90. The maximum absolute atomic E-state index is 11.1. The minimum atomic E-state index is -0.598. The van der Waals surface area contributed by atoms with Crippen molar-refractivity contribution in [1.29, 1.82) is 0 Å². The summed E-state index contributed by atoms with van der Waals surface area (Å²) in [6, 6.07) is 8.67. The number of hydrogen-bond donors (Lipinski definition) is 2. The van der Waals surface area contributed by atoms with Crippen LogP contribution in [0.2, 0.25) is 0 Å². The topological polar surface area (TPSA) is 32.3 Å². The summed E-state index contributed by atoms with van der Waals surface area (Å²) in [4.78, 5) is 0. The molecule has 1 fully saturated rings. The smallest absolute Gasteiger partial charge is 0.0957 e. The summed E-state index contributed by atoms with van der Waals surface area (Å²) in [5.74, 6) is 1.18. The molecule has 0 bridgehead atoms. The Morgan fingerprint density at radius 1 is 1.39 bits per heavy atom.